The topological polar surface area (TPSA) is 92.8 Å². The highest BCUT2D eigenvalue weighted by atomic mass is 32.2. The van der Waals surface area contributed by atoms with Crippen LogP contribution in [0.25, 0.3) is 0 Å². The second-order valence-corrected chi connectivity index (χ2v) is 10.9. The maximum atomic E-state index is 13.2. The van der Waals surface area contributed by atoms with E-state index in [-0.39, 0.29) is 11.5 Å². The number of nitrogens with one attached hydrogen (secondary N) is 1. The Morgan fingerprint density at radius 1 is 1.19 bits per heavy atom. The predicted molar refractivity (Wildman–Crippen MR) is 119 cm³/mol. The number of benzene rings is 1. The van der Waals surface area contributed by atoms with Crippen molar-refractivity contribution in [2.24, 2.45) is 0 Å². The van der Waals surface area contributed by atoms with Gasteiger partial charge in [0.15, 0.2) is 0 Å². The van der Waals surface area contributed by atoms with Gasteiger partial charge in [-0.25, -0.2) is 13.2 Å². The first-order valence-corrected chi connectivity index (χ1v) is 12.8. The van der Waals surface area contributed by atoms with Crippen molar-refractivity contribution >= 4 is 38.2 Å². The normalized spacial score (nSPS) is 18.7. The number of nitrogens with zero attached hydrogens (tertiary/aromatic N) is 1. The molecule has 7 nitrogen and oxygen atoms in total. The summed E-state index contributed by atoms with van der Waals surface area (Å²) >= 11 is 1.40. The van der Waals surface area contributed by atoms with Crippen LogP contribution in [-0.4, -0.2) is 43.8 Å². The van der Waals surface area contributed by atoms with E-state index in [4.69, 9.17) is 4.74 Å². The number of carbonyl (C=O) groups excluding carboxylic acids is 2. The van der Waals surface area contributed by atoms with Crippen molar-refractivity contribution in [3.05, 3.63) is 45.8 Å². The average Bonchev–Trinajstić information content (AvgIpc) is 3.44. The van der Waals surface area contributed by atoms with Gasteiger partial charge in [-0.05, 0) is 63.6 Å². The van der Waals surface area contributed by atoms with E-state index in [1.165, 1.54) is 15.6 Å². The summed E-state index contributed by atoms with van der Waals surface area (Å²) in [5, 5.41) is 3.32. The molecule has 1 N–H and O–H groups in total. The smallest absolute Gasteiger partial charge is 0.341 e. The molecule has 2 aromatic rings. The minimum Gasteiger partial charge on any atom is -0.462 e. The molecule has 31 heavy (non-hydrogen) atoms. The second kappa shape index (κ2) is 8.72. The van der Waals surface area contributed by atoms with E-state index in [2.05, 4.69) is 5.32 Å². The van der Waals surface area contributed by atoms with Gasteiger partial charge < -0.3 is 10.1 Å². The van der Waals surface area contributed by atoms with Gasteiger partial charge in [0, 0.05) is 11.4 Å². The van der Waals surface area contributed by atoms with Gasteiger partial charge in [0.05, 0.1) is 17.1 Å². The van der Waals surface area contributed by atoms with Crippen LogP contribution in [0.2, 0.25) is 0 Å². The molecule has 9 heteroatoms. The molecule has 0 bridgehead atoms. The van der Waals surface area contributed by atoms with Gasteiger partial charge in [-0.3, -0.25) is 4.79 Å². The quantitative estimate of drug-likeness (QED) is 0.663. The van der Waals surface area contributed by atoms with E-state index < -0.39 is 27.9 Å². The molecule has 1 aromatic carbocycles. The van der Waals surface area contributed by atoms with Crippen LogP contribution in [0.15, 0.2) is 29.2 Å². The highest BCUT2D eigenvalue weighted by molar-refractivity contribution is 7.89. The summed E-state index contributed by atoms with van der Waals surface area (Å²) in [4.78, 5) is 27.0. The molecular weight excluding hydrogens is 436 g/mol. The van der Waals surface area contributed by atoms with Crippen LogP contribution in [0.4, 0.5) is 5.00 Å². The number of fused-ring (bicyclic) bond motifs is 1. The molecule has 0 saturated carbocycles. The third-order valence-electron chi connectivity index (χ3n) is 5.77. The van der Waals surface area contributed by atoms with E-state index in [1.807, 2.05) is 6.92 Å². The second-order valence-electron chi connectivity index (χ2n) is 7.86. The summed E-state index contributed by atoms with van der Waals surface area (Å²) < 4.78 is 32.8. The van der Waals surface area contributed by atoms with Crippen LogP contribution < -0.4 is 5.32 Å². The summed E-state index contributed by atoms with van der Waals surface area (Å²) in [6.07, 6.45) is 3.69. The molecule has 0 spiro atoms. The Kier molecular flexibility index (Phi) is 6.18. The van der Waals surface area contributed by atoms with E-state index in [0.717, 1.165) is 35.3 Å². The number of aryl methyl sites for hydroxylation is 2. The Labute approximate surface area is 186 Å². The standard InChI is InChI=1S/C22H26N2O5S2/c1-3-29-22(26)19-16-6-4-8-18(16)30-21(19)23-20(25)17-7-5-13-24(17)31(27,28)15-11-9-14(2)10-12-15/h9-12,17H,3-8,13H2,1-2H3,(H,23,25)/t17-/m0/s1. The molecule has 1 atom stereocenters. The number of rotatable bonds is 6. The molecule has 1 aliphatic carbocycles. The van der Waals surface area contributed by atoms with Gasteiger partial charge in [0.1, 0.15) is 11.0 Å². The minimum atomic E-state index is -3.79. The fraction of sp³-hybridized carbons (Fsp3) is 0.455. The molecule has 1 amide bonds. The van der Waals surface area contributed by atoms with Crippen LogP contribution in [0.3, 0.4) is 0 Å². The molecule has 2 heterocycles. The third kappa shape index (κ3) is 4.14. The molecular formula is C22H26N2O5S2. The molecule has 0 radical (unpaired) electrons. The summed E-state index contributed by atoms with van der Waals surface area (Å²) in [6.45, 7) is 4.18. The van der Waals surface area contributed by atoms with Crippen LogP contribution >= 0.6 is 11.3 Å². The Bertz CT molecular complexity index is 1110. The monoisotopic (exact) mass is 462 g/mol. The first kappa shape index (κ1) is 22.0. The van der Waals surface area contributed by atoms with Gasteiger partial charge in [-0.15, -0.1) is 11.3 Å². The van der Waals surface area contributed by atoms with Crippen molar-refractivity contribution < 1.29 is 22.7 Å². The maximum absolute atomic E-state index is 13.2. The molecule has 2 aliphatic rings. The molecule has 1 saturated heterocycles. The highest BCUT2D eigenvalue weighted by Crippen LogP contribution is 2.40. The van der Waals surface area contributed by atoms with Crippen molar-refractivity contribution in [2.75, 3.05) is 18.5 Å². The number of sulfonamides is 1. The first-order chi connectivity index (χ1) is 14.8. The van der Waals surface area contributed by atoms with Crippen molar-refractivity contribution in [1.29, 1.82) is 0 Å². The third-order valence-corrected chi connectivity index (χ3v) is 8.90. The van der Waals surface area contributed by atoms with Crippen LogP contribution in [-0.2, 0) is 32.4 Å². The van der Waals surface area contributed by atoms with Crippen molar-refractivity contribution in [3.8, 4) is 0 Å². The maximum Gasteiger partial charge on any atom is 0.341 e. The summed E-state index contributed by atoms with van der Waals surface area (Å²) in [5.74, 6) is -0.841. The molecule has 0 unspecified atom stereocenters. The number of hydrogen-bond donors (Lipinski definition) is 1. The van der Waals surface area contributed by atoms with Crippen molar-refractivity contribution in [2.45, 2.75) is 56.9 Å². The van der Waals surface area contributed by atoms with E-state index >= 15 is 0 Å². The Morgan fingerprint density at radius 2 is 1.94 bits per heavy atom. The number of carbonyl (C=O) groups is 2. The molecule has 166 valence electrons. The van der Waals surface area contributed by atoms with Crippen molar-refractivity contribution in [3.63, 3.8) is 0 Å². The number of ether oxygens (including phenoxy) is 1. The van der Waals surface area contributed by atoms with Crippen molar-refractivity contribution in [1.82, 2.24) is 4.31 Å². The lowest BCUT2D eigenvalue weighted by Gasteiger charge is -2.23. The molecule has 1 fully saturated rings. The Hall–Kier alpha value is -2.23. The number of hydrogen-bond acceptors (Lipinski definition) is 6. The van der Waals surface area contributed by atoms with Gasteiger partial charge in [0.25, 0.3) is 0 Å². The fourth-order valence-corrected chi connectivity index (χ4v) is 7.18. The number of amides is 1. The van der Waals surface area contributed by atoms with Crippen LogP contribution in [0, 0.1) is 6.92 Å². The van der Waals surface area contributed by atoms with E-state index in [9.17, 15) is 18.0 Å². The van der Waals surface area contributed by atoms with Gasteiger partial charge in [0.2, 0.25) is 15.9 Å². The molecule has 1 aromatic heterocycles. The van der Waals surface area contributed by atoms with Gasteiger partial charge >= 0.3 is 5.97 Å². The lowest BCUT2D eigenvalue weighted by Crippen LogP contribution is -2.43. The number of thiophene rings is 1. The summed E-state index contributed by atoms with van der Waals surface area (Å²) in [5.41, 5.74) is 2.35. The predicted octanol–water partition coefficient (Wildman–Crippen LogP) is 3.51. The summed E-state index contributed by atoms with van der Waals surface area (Å²) in [7, 11) is -3.79. The first-order valence-electron chi connectivity index (χ1n) is 10.5. The zero-order valence-corrected chi connectivity index (χ0v) is 19.3. The minimum absolute atomic E-state index is 0.181. The Balaban J connectivity index is 1.59. The fourth-order valence-electron chi connectivity index (χ4n) is 4.24. The van der Waals surface area contributed by atoms with Gasteiger partial charge in [-0.2, -0.15) is 4.31 Å². The molecule has 1 aliphatic heterocycles. The van der Waals surface area contributed by atoms with E-state index in [1.54, 1.807) is 31.2 Å². The lowest BCUT2D eigenvalue weighted by molar-refractivity contribution is -0.119. The zero-order valence-electron chi connectivity index (χ0n) is 17.6. The SMILES string of the molecule is CCOC(=O)c1c(NC(=O)[C@@H]2CCCN2S(=O)(=O)c2ccc(C)cc2)sc2c1CCC2. The average molecular weight is 463 g/mol. The number of anilines is 1. The van der Waals surface area contributed by atoms with E-state index in [0.29, 0.717) is 30.0 Å². The lowest BCUT2D eigenvalue weighted by atomic mass is 10.1. The van der Waals surface area contributed by atoms with Crippen LogP contribution in [0.1, 0.15) is 52.5 Å². The largest absolute Gasteiger partial charge is 0.462 e. The zero-order chi connectivity index (χ0) is 22.2. The highest BCUT2D eigenvalue weighted by Gasteiger charge is 2.40. The Morgan fingerprint density at radius 3 is 2.65 bits per heavy atom. The number of esters is 1. The van der Waals surface area contributed by atoms with Gasteiger partial charge in [-0.1, -0.05) is 17.7 Å². The van der Waals surface area contributed by atoms with Crippen LogP contribution in [0.5, 0.6) is 0 Å². The summed E-state index contributed by atoms with van der Waals surface area (Å²) in [6, 6.07) is 5.83. The molecule has 4 rings (SSSR count).